The van der Waals surface area contributed by atoms with Crippen LogP contribution in [0.3, 0.4) is 0 Å². The van der Waals surface area contributed by atoms with Gasteiger partial charge in [0.15, 0.2) is 5.82 Å². The van der Waals surface area contributed by atoms with E-state index in [4.69, 9.17) is 0 Å². The predicted octanol–water partition coefficient (Wildman–Crippen LogP) is 2.61. The van der Waals surface area contributed by atoms with E-state index in [1.54, 1.807) is 13.2 Å². The topological polar surface area (TPSA) is 68.0 Å². The van der Waals surface area contributed by atoms with Crippen molar-refractivity contribution in [1.29, 1.82) is 0 Å². The molecule has 2 heterocycles. The third-order valence-electron chi connectivity index (χ3n) is 3.06. The lowest BCUT2D eigenvalue weighted by molar-refractivity contribution is 0.0699. The van der Waals surface area contributed by atoms with Gasteiger partial charge in [-0.15, -0.1) is 0 Å². The number of carbonyl (C=O) groups is 1. The lowest BCUT2D eigenvalue weighted by Crippen LogP contribution is -2.02. The summed E-state index contributed by atoms with van der Waals surface area (Å²) in [6.07, 6.45) is 3.11. The SMILES string of the molecule is Cn1cc(-c2cc(C(=O)O)c3cc(F)cc(F)c3n2)cn1. The highest BCUT2D eigenvalue weighted by Crippen LogP contribution is 2.27. The molecular formula is C14H9F2N3O2. The number of aromatic carboxylic acids is 1. The van der Waals surface area contributed by atoms with Crippen molar-refractivity contribution in [3.05, 3.63) is 47.8 Å². The van der Waals surface area contributed by atoms with Gasteiger partial charge in [0.2, 0.25) is 0 Å². The van der Waals surface area contributed by atoms with Crippen molar-refractivity contribution in [2.24, 2.45) is 7.05 Å². The molecule has 2 aromatic heterocycles. The van der Waals surface area contributed by atoms with Crippen LogP contribution in [-0.4, -0.2) is 25.8 Å². The highest BCUT2D eigenvalue weighted by atomic mass is 19.1. The number of rotatable bonds is 2. The maximum atomic E-state index is 13.9. The molecule has 5 nitrogen and oxygen atoms in total. The summed E-state index contributed by atoms with van der Waals surface area (Å²) in [7, 11) is 1.69. The Morgan fingerprint density at radius 1 is 1.29 bits per heavy atom. The Morgan fingerprint density at radius 2 is 2.05 bits per heavy atom. The molecule has 0 saturated heterocycles. The molecular weight excluding hydrogens is 280 g/mol. The van der Waals surface area contributed by atoms with Gasteiger partial charge in [-0.1, -0.05) is 0 Å². The molecule has 3 rings (SSSR count). The summed E-state index contributed by atoms with van der Waals surface area (Å²) in [4.78, 5) is 15.4. The first-order chi connectivity index (χ1) is 9.95. The predicted molar refractivity (Wildman–Crippen MR) is 70.8 cm³/mol. The van der Waals surface area contributed by atoms with Crippen LogP contribution in [-0.2, 0) is 7.05 Å². The van der Waals surface area contributed by atoms with Gasteiger partial charge in [0.1, 0.15) is 11.3 Å². The number of fused-ring (bicyclic) bond motifs is 1. The zero-order chi connectivity index (χ0) is 15.1. The second kappa shape index (κ2) is 4.62. The van der Waals surface area contributed by atoms with Crippen molar-refractivity contribution in [3.8, 4) is 11.3 Å². The molecule has 0 unspecified atom stereocenters. The Bertz CT molecular complexity index is 874. The Kier molecular flexibility index (Phi) is 2.90. The first-order valence-electron chi connectivity index (χ1n) is 5.98. The van der Waals surface area contributed by atoms with Crippen LogP contribution in [0.25, 0.3) is 22.2 Å². The maximum Gasteiger partial charge on any atom is 0.336 e. The Balaban J connectivity index is 2.37. The van der Waals surface area contributed by atoms with Crippen molar-refractivity contribution < 1.29 is 18.7 Å². The molecule has 3 aromatic rings. The summed E-state index contributed by atoms with van der Waals surface area (Å²) in [6.45, 7) is 0. The van der Waals surface area contributed by atoms with Gasteiger partial charge in [-0.05, 0) is 12.1 Å². The highest BCUT2D eigenvalue weighted by Gasteiger charge is 2.17. The van der Waals surface area contributed by atoms with E-state index in [-0.39, 0.29) is 22.2 Å². The monoisotopic (exact) mass is 289 g/mol. The molecule has 0 atom stereocenters. The van der Waals surface area contributed by atoms with Crippen LogP contribution in [0.5, 0.6) is 0 Å². The third kappa shape index (κ3) is 2.22. The number of halogens is 2. The van der Waals surface area contributed by atoms with Crippen LogP contribution < -0.4 is 0 Å². The molecule has 1 N–H and O–H groups in total. The molecule has 0 spiro atoms. The summed E-state index contributed by atoms with van der Waals surface area (Å²) >= 11 is 0. The molecule has 0 radical (unpaired) electrons. The van der Waals surface area contributed by atoms with Crippen molar-refractivity contribution >= 4 is 16.9 Å². The van der Waals surface area contributed by atoms with Gasteiger partial charge in [0.25, 0.3) is 0 Å². The van der Waals surface area contributed by atoms with E-state index >= 15 is 0 Å². The van der Waals surface area contributed by atoms with Gasteiger partial charge >= 0.3 is 5.97 Å². The maximum absolute atomic E-state index is 13.9. The van der Waals surface area contributed by atoms with Gasteiger partial charge < -0.3 is 5.11 Å². The number of aryl methyl sites for hydroxylation is 1. The van der Waals surface area contributed by atoms with Crippen LogP contribution in [0, 0.1) is 11.6 Å². The molecule has 1 aromatic carbocycles. The van der Waals surface area contributed by atoms with E-state index in [0.717, 1.165) is 6.07 Å². The van der Waals surface area contributed by atoms with Gasteiger partial charge in [-0.2, -0.15) is 5.10 Å². The fourth-order valence-electron chi connectivity index (χ4n) is 2.13. The molecule has 0 amide bonds. The number of aromatic nitrogens is 3. The fourth-order valence-corrected chi connectivity index (χ4v) is 2.13. The standard InChI is InChI=1S/C14H9F2N3O2/c1-19-6-7(5-17-19)12-4-10(14(20)21)9-2-8(15)3-11(16)13(9)18-12/h2-6H,1H3,(H,20,21). The second-order valence-electron chi connectivity index (χ2n) is 4.55. The van der Waals surface area contributed by atoms with Gasteiger partial charge in [-0.25, -0.2) is 18.6 Å². The first-order valence-corrected chi connectivity index (χ1v) is 5.98. The summed E-state index contributed by atoms with van der Waals surface area (Å²) in [5.41, 5.74) is 0.413. The van der Waals surface area contributed by atoms with Gasteiger partial charge in [0.05, 0.1) is 17.5 Å². The largest absolute Gasteiger partial charge is 0.478 e. The summed E-state index contributed by atoms with van der Waals surface area (Å²) in [5.74, 6) is -3.03. The molecule has 0 aliphatic heterocycles. The molecule has 0 fully saturated rings. The molecule has 0 saturated carbocycles. The molecule has 0 aliphatic rings. The van der Waals surface area contributed by atoms with Crippen molar-refractivity contribution in [1.82, 2.24) is 14.8 Å². The van der Waals surface area contributed by atoms with E-state index in [1.807, 2.05) is 0 Å². The van der Waals surface area contributed by atoms with Crippen LogP contribution in [0.15, 0.2) is 30.6 Å². The van der Waals surface area contributed by atoms with Crippen LogP contribution in [0.2, 0.25) is 0 Å². The van der Waals surface area contributed by atoms with Crippen LogP contribution in [0.1, 0.15) is 10.4 Å². The molecule has 21 heavy (non-hydrogen) atoms. The average Bonchev–Trinajstić information content (AvgIpc) is 2.84. The number of carboxylic acids is 1. The number of benzene rings is 1. The summed E-state index contributed by atoms with van der Waals surface area (Å²) in [5, 5.41) is 13.1. The van der Waals surface area contributed by atoms with E-state index in [2.05, 4.69) is 10.1 Å². The zero-order valence-electron chi connectivity index (χ0n) is 10.8. The summed E-state index contributed by atoms with van der Waals surface area (Å²) < 4.78 is 28.7. The minimum atomic E-state index is -1.28. The zero-order valence-corrected chi connectivity index (χ0v) is 10.8. The van der Waals surface area contributed by atoms with E-state index in [1.165, 1.54) is 16.9 Å². The highest BCUT2D eigenvalue weighted by molar-refractivity contribution is 6.03. The van der Waals surface area contributed by atoms with E-state index in [0.29, 0.717) is 11.6 Å². The van der Waals surface area contributed by atoms with Crippen molar-refractivity contribution in [2.45, 2.75) is 0 Å². The van der Waals surface area contributed by atoms with Gasteiger partial charge in [0, 0.05) is 30.3 Å². The molecule has 0 bridgehead atoms. The third-order valence-corrected chi connectivity index (χ3v) is 3.06. The lowest BCUT2D eigenvalue weighted by atomic mass is 10.1. The Hall–Kier alpha value is -2.83. The number of carboxylic acid groups (broad SMARTS) is 1. The first kappa shape index (κ1) is 13.2. The minimum Gasteiger partial charge on any atom is -0.478 e. The van der Waals surface area contributed by atoms with Crippen molar-refractivity contribution in [2.75, 3.05) is 0 Å². The molecule has 7 heteroatoms. The summed E-state index contributed by atoms with van der Waals surface area (Å²) in [6, 6.07) is 2.91. The smallest absolute Gasteiger partial charge is 0.336 e. The molecule has 106 valence electrons. The second-order valence-corrected chi connectivity index (χ2v) is 4.55. The molecule has 0 aliphatic carbocycles. The Labute approximate surface area is 117 Å². The number of hydrogen-bond donors (Lipinski definition) is 1. The van der Waals surface area contributed by atoms with Crippen LogP contribution >= 0.6 is 0 Å². The number of nitrogens with zero attached hydrogens (tertiary/aromatic N) is 3. The van der Waals surface area contributed by atoms with E-state index in [9.17, 15) is 18.7 Å². The van der Waals surface area contributed by atoms with E-state index < -0.39 is 17.6 Å². The lowest BCUT2D eigenvalue weighted by Gasteiger charge is -2.06. The van der Waals surface area contributed by atoms with Crippen LogP contribution in [0.4, 0.5) is 8.78 Å². The normalized spacial score (nSPS) is 11.0. The number of pyridine rings is 1. The number of hydrogen-bond acceptors (Lipinski definition) is 3. The van der Waals surface area contributed by atoms with Crippen molar-refractivity contribution in [3.63, 3.8) is 0 Å². The fraction of sp³-hybridized carbons (Fsp3) is 0.0714. The Morgan fingerprint density at radius 3 is 2.67 bits per heavy atom. The minimum absolute atomic E-state index is 0.0763. The quantitative estimate of drug-likeness (QED) is 0.787. The average molecular weight is 289 g/mol. The van der Waals surface area contributed by atoms with Gasteiger partial charge in [-0.3, -0.25) is 4.68 Å².